The monoisotopic (exact) mass is 384 g/mol. The molecule has 3 rings (SSSR count). The van der Waals surface area contributed by atoms with Crippen molar-refractivity contribution in [2.75, 3.05) is 19.1 Å². The SMILES string of the molecule is CS[C@H]1C(=O)N(S(C)(=O)=O)[C@H]2CCN(C(=O)OCc3ccccc3)[C@H]12. The molecule has 0 radical (unpaired) electrons. The third-order valence-electron chi connectivity index (χ3n) is 4.54. The first-order chi connectivity index (χ1) is 11.8. The largest absolute Gasteiger partial charge is 0.445 e. The maximum absolute atomic E-state index is 12.5. The number of hydrogen-bond acceptors (Lipinski definition) is 6. The van der Waals surface area contributed by atoms with Gasteiger partial charge >= 0.3 is 6.09 Å². The van der Waals surface area contributed by atoms with Crippen molar-refractivity contribution >= 4 is 33.8 Å². The van der Waals surface area contributed by atoms with E-state index in [-0.39, 0.29) is 6.61 Å². The Labute approximate surface area is 151 Å². The second-order valence-corrected chi connectivity index (χ2v) is 8.97. The molecule has 7 nitrogen and oxygen atoms in total. The van der Waals surface area contributed by atoms with E-state index in [9.17, 15) is 18.0 Å². The summed E-state index contributed by atoms with van der Waals surface area (Å²) in [4.78, 5) is 26.5. The second-order valence-electron chi connectivity index (χ2n) is 6.13. The molecule has 2 saturated heterocycles. The van der Waals surface area contributed by atoms with Crippen LogP contribution >= 0.6 is 11.8 Å². The average Bonchev–Trinajstić information content (AvgIpc) is 3.09. The van der Waals surface area contributed by atoms with Gasteiger partial charge in [0, 0.05) is 6.54 Å². The minimum atomic E-state index is -3.66. The van der Waals surface area contributed by atoms with Gasteiger partial charge in [0.25, 0.3) is 5.91 Å². The first-order valence-corrected chi connectivity index (χ1v) is 11.0. The number of nitrogens with zero attached hydrogens (tertiary/aromatic N) is 2. The van der Waals surface area contributed by atoms with Crippen molar-refractivity contribution in [3.63, 3.8) is 0 Å². The van der Waals surface area contributed by atoms with E-state index < -0.39 is 39.4 Å². The lowest BCUT2D eigenvalue weighted by atomic mass is 10.1. The lowest BCUT2D eigenvalue weighted by Crippen LogP contribution is -2.44. The lowest BCUT2D eigenvalue weighted by molar-refractivity contribution is -0.124. The Kier molecular flexibility index (Phi) is 4.97. The molecular formula is C16H20N2O5S2. The molecule has 0 bridgehead atoms. The Morgan fingerprint density at radius 3 is 2.60 bits per heavy atom. The molecule has 2 aliphatic rings. The van der Waals surface area contributed by atoms with Crippen LogP contribution in [0.1, 0.15) is 12.0 Å². The minimum Gasteiger partial charge on any atom is -0.445 e. The number of benzene rings is 1. The van der Waals surface area contributed by atoms with Crippen LogP contribution in [0.2, 0.25) is 0 Å². The summed E-state index contributed by atoms with van der Waals surface area (Å²) in [6.07, 6.45) is 2.69. The molecule has 25 heavy (non-hydrogen) atoms. The predicted octanol–water partition coefficient (Wildman–Crippen LogP) is 1.30. The smallest absolute Gasteiger partial charge is 0.410 e. The van der Waals surface area contributed by atoms with Gasteiger partial charge in [-0.1, -0.05) is 30.3 Å². The first-order valence-electron chi connectivity index (χ1n) is 7.88. The zero-order valence-corrected chi connectivity index (χ0v) is 15.6. The van der Waals surface area contributed by atoms with Gasteiger partial charge in [-0.2, -0.15) is 0 Å². The molecule has 136 valence electrons. The molecule has 2 amide bonds. The van der Waals surface area contributed by atoms with Crippen molar-refractivity contribution in [3.05, 3.63) is 35.9 Å². The van der Waals surface area contributed by atoms with E-state index in [1.165, 1.54) is 16.7 Å². The lowest BCUT2D eigenvalue weighted by Gasteiger charge is -2.26. The molecule has 1 aromatic carbocycles. The predicted molar refractivity (Wildman–Crippen MR) is 94.5 cm³/mol. The van der Waals surface area contributed by atoms with Crippen LogP contribution in [0.3, 0.4) is 0 Å². The molecule has 0 unspecified atom stereocenters. The molecule has 1 aromatic rings. The highest BCUT2D eigenvalue weighted by atomic mass is 32.2. The van der Waals surface area contributed by atoms with Gasteiger partial charge in [0.15, 0.2) is 0 Å². The fourth-order valence-electron chi connectivity index (χ4n) is 3.52. The van der Waals surface area contributed by atoms with Crippen molar-refractivity contribution in [1.82, 2.24) is 9.21 Å². The molecular weight excluding hydrogens is 364 g/mol. The highest BCUT2D eigenvalue weighted by Gasteiger charge is 2.57. The molecule has 3 atom stereocenters. The van der Waals surface area contributed by atoms with Crippen molar-refractivity contribution in [2.45, 2.75) is 30.4 Å². The number of likely N-dealkylation sites (tertiary alicyclic amines) is 1. The van der Waals surface area contributed by atoms with E-state index in [0.717, 1.165) is 16.1 Å². The summed E-state index contributed by atoms with van der Waals surface area (Å²) in [7, 11) is -3.66. The summed E-state index contributed by atoms with van der Waals surface area (Å²) in [5, 5.41) is -0.591. The van der Waals surface area contributed by atoms with Crippen molar-refractivity contribution in [2.24, 2.45) is 0 Å². The Morgan fingerprint density at radius 2 is 2.00 bits per heavy atom. The van der Waals surface area contributed by atoms with Crippen LogP contribution in [-0.2, 0) is 26.2 Å². The molecule has 0 N–H and O–H groups in total. The summed E-state index contributed by atoms with van der Waals surface area (Å²) < 4.78 is 30.3. The maximum Gasteiger partial charge on any atom is 0.410 e. The average molecular weight is 384 g/mol. The van der Waals surface area contributed by atoms with Crippen LogP contribution in [0.5, 0.6) is 0 Å². The number of fused-ring (bicyclic) bond motifs is 1. The maximum atomic E-state index is 12.5. The van der Waals surface area contributed by atoms with Crippen molar-refractivity contribution in [3.8, 4) is 0 Å². The highest BCUT2D eigenvalue weighted by Crippen LogP contribution is 2.39. The zero-order chi connectivity index (χ0) is 18.2. The van der Waals surface area contributed by atoms with Crippen LogP contribution in [0.4, 0.5) is 4.79 Å². The molecule has 2 heterocycles. The fraction of sp³-hybridized carbons (Fsp3) is 0.500. The number of amides is 2. The molecule has 0 spiro atoms. The van der Waals surface area contributed by atoms with Crippen molar-refractivity contribution < 1.29 is 22.7 Å². The van der Waals surface area contributed by atoms with E-state index in [0.29, 0.717) is 13.0 Å². The number of sulfonamides is 1. The Morgan fingerprint density at radius 1 is 1.32 bits per heavy atom. The van der Waals surface area contributed by atoms with Crippen LogP contribution in [0.15, 0.2) is 30.3 Å². The molecule has 0 aromatic heterocycles. The number of thioether (sulfide) groups is 1. The molecule has 2 aliphatic heterocycles. The molecule has 0 aliphatic carbocycles. The third kappa shape index (κ3) is 3.35. The summed E-state index contributed by atoms with van der Waals surface area (Å²) in [5.41, 5.74) is 0.869. The Balaban J connectivity index is 1.76. The van der Waals surface area contributed by atoms with Gasteiger partial charge < -0.3 is 9.64 Å². The standard InChI is InChI=1S/C16H20N2O5S2/c1-24-14-13-12(18(15(14)19)25(2,21)22)8-9-17(13)16(20)23-10-11-6-4-3-5-7-11/h3-7,12-14H,8-10H2,1-2H3/t12-,13-,14+/m0/s1. The Hall–Kier alpha value is -1.74. The summed E-state index contributed by atoms with van der Waals surface area (Å²) in [5.74, 6) is -0.453. The van der Waals surface area contributed by atoms with Gasteiger partial charge in [0.1, 0.15) is 11.9 Å². The van der Waals surface area contributed by atoms with Gasteiger partial charge in [-0.3, -0.25) is 4.79 Å². The fourth-order valence-corrected chi connectivity index (χ4v) is 5.67. The van der Waals surface area contributed by atoms with Gasteiger partial charge in [-0.15, -0.1) is 11.8 Å². The number of rotatable bonds is 4. The van der Waals surface area contributed by atoms with E-state index in [2.05, 4.69) is 0 Å². The number of carbonyl (C=O) groups is 2. The summed E-state index contributed by atoms with van der Waals surface area (Å²) in [6.45, 7) is 0.514. The van der Waals surface area contributed by atoms with Crippen molar-refractivity contribution in [1.29, 1.82) is 0 Å². The molecule has 0 saturated carbocycles. The second kappa shape index (κ2) is 6.87. The quantitative estimate of drug-likeness (QED) is 0.778. The number of ether oxygens (including phenoxy) is 1. The summed E-state index contributed by atoms with van der Waals surface area (Å²) in [6, 6.07) is 8.31. The minimum absolute atomic E-state index is 0.140. The van der Waals surface area contributed by atoms with Crippen LogP contribution in [-0.4, -0.2) is 66.0 Å². The Bertz CT molecular complexity index is 768. The van der Waals surface area contributed by atoms with Gasteiger partial charge in [-0.25, -0.2) is 17.5 Å². The van der Waals surface area contributed by atoms with Crippen LogP contribution in [0.25, 0.3) is 0 Å². The molecule has 2 fully saturated rings. The van der Waals surface area contributed by atoms with E-state index in [4.69, 9.17) is 4.74 Å². The van der Waals surface area contributed by atoms with Crippen LogP contribution < -0.4 is 0 Å². The van der Waals surface area contributed by atoms with Crippen LogP contribution in [0, 0.1) is 0 Å². The normalized spacial score (nSPS) is 26.0. The summed E-state index contributed by atoms with van der Waals surface area (Å²) >= 11 is 1.27. The third-order valence-corrected chi connectivity index (χ3v) is 6.70. The van der Waals surface area contributed by atoms with E-state index >= 15 is 0 Å². The van der Waals surface area contributed by atoms with Gasteiger partial charge in [-0.05, 0) is 18.2 Å². The first kappa shape index (κ1) is 18.1. The van der Waals surface area contributed by atoms with Gasteiger partial charge in [0.05, 0.1) is 18.3 Å². The topological polar surface area (TPSA) is 84.0 Å². The highest BCUT2D eigenvalue weighted by molar-refractivity contribution is 8.00. The van der Waals surface area contributed by atoms with Gasteiger partial charge in [0.2, 0.25) is 10.0 Å². The number of hydrogen-bond donors (Lipinski definition) is 0. The molecule has 9 heteroatoms. The number of carbonyl (C=O) groups excluding carboxylic acids is 2. The van der Waals surface area contributed by atoms with E-state index in [1.54, 1.807) is 6.26 Å². The van der Waals surface area contributed by atoms with E-state index in [1.807, 2.05) is 30.3 Å². The zero-order valence-electron chi connectivity index (χ0n) is 14.0.